The van der Waals surface area contributed by atoms with Crippen molar-refractivity contribution in [2.45, 2.75) is 48.1 Å². The van der Waals surface area contributed by atoms with Gasteiger partial charge < -0.3 is 15.3 Å². The molecule has 0 radical (unpaired) electrons. The summed E-state index contributed by atoms with van der Waals surface area (Å²) in [6.45, 7) is 2.54. The monoisotopic (exact) mass is 571 g/mol. The molecule has 0 saturated carbocycles. The maximum atomic E-state index is 9.80. The van der Waals surface area contributed by atoms with Crippen LogP contribution in [0.5, 0.6) is 0 Å². The van der Waals surface area contributed by atoms with Crippen LogP contribution in [-0.2, 0) is 19.6 Å². The predicted octanol–water partition coefficient (Wildman–Crippen LogP) is 7.53. The molecule has 0 atom stereocenters. The summed E-state index contributed by atoms with van der Waals surface area (Å²) in [5, 5.41) is 14.4. The van der Waals surface area contributed by atoms with Gasteiger partial charge in [0.15, 0.2) is 0 Å². The summed E-state index contributed by atoms with van der Waals surface area (Å²) in [5.74, 6) is 2.19. The van der Waals surface area contributed by atoms with Crippen molar-refractivity contribution in [1.29, 1.82) is 0 Å². The van der Waals surface area contributed by atoms with E-state index in [1.807, 2.05) is 30.5 Å². The molecule has 5 aromatic rings. The molecule has 7 rings (SSSR count). The first-order chi connectivity index (χ1) is 20.8. The third-order valence-electron chi connectivity index (χ3n) is 8.30. The van der Waals surface area contributed by atoms with Crippen molar-refractivity contribution >= 4 is 46.3 Å². The highest BCUT2D eigenvalue weighted by atomic mass is 32.2. The van der Waals surface area contributed by atoms with E-state index in [9.17, 15) is 5.11 Å². The summed E-state index contributed by atoms with van der Waals surface area (Å²) in [6.07, 6.45) is 5.18. The lowest BCUT2D eigenvalue weighted by atomic mass is 9.85. The summed E-state index contributed by atoms with van der Waals surface area (Å²) in [4.78, 5) is 19.2. The zero-order valence-corrected chi connectivity index (χ0v) is 24.2. The van der Waals surface area contributed by atoms with E-state index in [4.69, 9.17) is 9.97 Å². The molecular weight excluding hydrogens is 538 g/mol. The number of anilines is 2. The lowest BCUT2D eigenvalue weighted by molar-refractivity contribution is 0.279. The molecule has 0 unspecified atom stereocenters. The first-order valence-corrected chi connectivity index (χ1v) is 15.4. The number of hydrogen-bond donors (Lipinski definition) is 2. The van der Waals surface area contributed by atoms with E-state index in [2.05, 4.69) is 81.9 Å². The number of piperidine rings is 1. The third-order valence-corrected chi connectivity index (χ3v) is 9.54. The summed E-state index contributed by atoms with van der Waals surface area (Å²) >= 11 is 1.68. The third kappa shape index (κ3) is 5.38. The maximum Gasteiger partial charge on any atom is 0.225 e. The second-order valence-electron chi connectivity index (χ2n) is 10.8. The normalized spacial score (nSPS) is 14.8. The van der Waals surface area contributed by atoms with E-state index in [0.29, 0.717) is 18.4 Å². The number of rotatable bonds is 8. The number of aliphatic hydroxyl groups is 1. The van der Waals surface area contributed by atoms with Crippen molar-refractivity contribution in [3.8, 4) is 0 Å². The Morgan fingerprint density at radius 1 is 0.810 bits per heavy atom. The molecule has 0 spiro atoms. The topological polar surface area (TPSA) is 73.6 Å². The smallest absolute Gasteiger partial charge is 0.225 e. The molecule has 0 bridgehead atoms. The minimum atomic E-state index is 0.0243. The minimum absolute atomic E-state index is 0.0243. The standard InChI is InChI=1S/C35H33N5OS/c41-23-26-9-2-6-15-33(26)42-32-14-5-1-8-25(32)22-37-35-38-31-12-4-3-10-29(31)34(39-35)40-20-17-24(18-21-40)27-11-7-13-30-28(27)16-19-36-30/h1-15,19,24,41H,16-18,20-23H2,(H,37,38,39). The minimum Gasteiger partial charge on any atom is -0.392 e. The van der Waals surface area contributed by atoms with Gasteiger partial charge in [0.05, 0.1) is 17.8 Å². The van der Waals surface area contributed by atoms with Gasteiger partial charge in [0.2, 0.25) is 5.95 Å². The summed E-state index contributed by atoms with van der Waals surface area (Å²) in [6, 6.07) is 31.3. The number of aliphatic hydroxyl groups excluding tert-OH is 1. The molecule has 3 heterocycles. The number of nitrogens with one attached hydrogen (secondary N) is 1. The number of fused-ring (bicyclic) bond motifs is 2. The van der Waals surface area contributed by atoms with Crippen LogP contribution in [0.25, 0.3) is 10.9 Å². The highest BCUT2D eigenvalue weighted by Crippen LogP contribution is 2.38. The molecule has 6 nitrogen and oxygen atoms in total. The van der Waals surface area contributed by atoms with Gasteiger partial charge in [-0.05, 0) is 71.3 Å². The van der Waals surface area contributed by atoms with Gasteiger partial charge in [-0.2, -0.15) is 4.98 Å². The van der Waals surface area contributed by atoms with Crippen LogP contribution in [0.1, 0.15) is 41.0 Å². The molecule has 210 valence electrons. The van der Waals surface area contributed by atoms with Crippen LogP contribution in [0.15, 0.2) is 106 Å². The van der Waals surface area contributed by atoms with Crippen LogP contribution >= 0.6 is 11.8 Å². The zero-order valence-electron chi connectivity index (χ0n) is 23.4. The van der Waals surface area contributed by atoms with Gasteiger partial charge >= 0.3 is 0 Å². The second-order valence-corrected chi connectivity index (χ2v) is 11.9. The Hall–Kier alpha value is -4.20. The van der Waals surface area contributed by atoms with E-state index in [-0.39, 0.29) is 6.61 Å². The van der Waals surface area contributed by atoms with Gasteiger partial charge in [-0.1, -0.05) is 72.4 Å². The fourth-order valence-electron chi connectivity index (χ4n) is 6.11. The van der Waals surface area contributed by atoms with Crippen LogP contribution in [-0.4, -0.2) is 34.4 Å². The molecule has 42 heavy (non-hydrogen) atoms. The fraction of sp³-hybridized carbons (Fsp3) is 0.229. The van der Waals surface area contributed by atoms with E-state index in [0.717, 1.165) is 75.7 Å². The van der Waals surface area contributed by atoms with Crippen molar-refractivity contribution in [2.24, 2.45) is 4.99 Å². The van der Waals surface area contributed by atoms with Gasteiger partial charge in [-0.25, -0.2) is 4.98 Å². The van der Waals surface area contributed by atoms with Crippen molar-refractivity contribution in [2.75, 3.05) is 23.3 Å². The lowest BCUT2D eigenvalue weighted by Gasteiger charge is -2.34. The number of para-hydroxylation sites is 1. The SMILES string of the molecule is OCc1ccccc1Sc1ccccc1CNc1nc(N2CCC(c3cccc4c3CC=N4)CC2)c2ccccc2n1. The maximum absolute atomic E-state index is 9.80. The quantitative estimate of drug-likeness (QED) is 0.201. The van der Waals surface area contributed by atoms with Gasteiger partial charge in [-0.3, -0.25) is 4.99 Å². The molecule has 1 aromatic heterocycles. The Labute approximate surface area is 250 Å². The molecule has 4 aromatic carbocycles. The number of nitrogens with zero attached hydrogens (tertiary/aromatic N) is 4. The van der Waals surface area contributed by atoms with Crippen LogP contribution in [0.2, 0.25) is 0 Å². The van der Waals surface area contributed by atoms with E-state index in [1.54, 1.807) is 11.8 Å². The molecule has 0 aliphatic carbocycles. The number of hydrogen-bond acceptors (Lipinski definition) is 7. The Kier molecular flexibility index (Phi) is 7.60. The van der Waals surface area contributed by atoms with E-state index >= 15 is 0 Å². The Morgan fingerprint density at radius 2 is 1.55 bits per heavy atom. The zero-order chi connectivity index (χ0) is 28.3. The van der Waals surface area contributed by atoms with E-state index in [1.165, 1.54) is 11.1 Å². The molecule has 1 saturated heterocycles. The van der Waals surface area contributed by atoms with Gasteiger partial charge in [0.25, 0.3) is 0 Å². The van der Waals surface area contributed by atoms with E-state index < -0.39 is 0 Å². The van der Waals surface area contributed by atoms with Crippen molar-refractivity contribution < 1.29 is 5.11 Å². The second kappa shape index (κ2) is 12.0. The first-order valence-electron chi connectivity index (χ1n) is 14.6. The van der Waals surface area contributed by atoms with Crippen molar-refractivity contribution in [1.82, 2.24) is 9.97 Å². The Morgan fingerprint density at radius 3 is 2.38 bits per heavy atom. The van der Waals surface area contributed by atoms with Gasteiger partial charge in [-0.15, -0.1) is 0 Å². The number of aliphatic imine (C=N–C) groups is 1. The lowest BCUT2D eigenvalue weighted by Crippen LogP contribution is -2.34. The Bertz CT molecular complexity index is 1760. The largest absolute Gasteiger partial charge is 0.392 e. The first kappa shape index (κ1) is 26.7. The van der Waals surface area contributed by atoms with Crippen LogP contribution in [0.3, 0.4) is 0 Å². The predicted molar refractivity (Wildman–Crippen MR) is 172 cm³/mol. The van der Waals surface area contributed by atoms with Crippen LogP contribution < -0.4 is 10.2 Å². The van der Waals surface area contributed by atoms with Crippen LogP contribution in [0, 0.1) is 0 Å². The summed E-state index contributed by atoms with van der Waals surface area (Å²) in [5.41, 5.74) is 7.07. The van der Waals surface area contributed by atoms with Crippen LogP contribution in [0.4, 0.5) is 17.5 Å². The van der Waals surface area contributed by atoms with Gasteiger partial charge in [0.1, 0.15) is 5.82 Å². The number of benzene rings is 4. The Balaban J connectivity index is 1.10. The van der Waals surface area contributed by atoms with Gasteiger partial charge in [0, 0.05) is 47.4 Å². The van der Waals surface area contributed by atoms with Crippen molar-refractivity contribution in [3.05, 3.63) is 113 Å². The average Bonchev–Trinajstić information content (AvgIpc) is 3.54. The highest BCUT2D eigenvalue weighted by Gasteiger charge is 2.26. The molecule has 1 fully saturated rings. The molecule has 0 amide bonds. The average molecular weight is 572 g/mol. The molecular formula is C35H33N5OS. The molecule has 7 heteroatoms. The molecule has 2 aliphatic heterocycles. The highest BCUT2D eigenvalue weighted by molar-refractivity contribution is 7.99. The summed E-state index contributed by atoms with van der Waals surface area (Å²) in [7, 11) is 0. The molecule has 2 N–H and O–H groups in total. The molecule has 2 aliphatic rings. The fourth-order valence-corrected chi connectivity index (χ4v) is 7.18. The summed E-state index contributed by atoms with van der Waals surface area (Å²) < 4.78 is 0. The van der Waals surface area contributed by atoms with Crippen molar-refractivity contribution in [3.63, 3.8) is 0 Å². The number of aromatic nitrogens is 2.